The maximum atomic E-state index is 10.7. The zero-order chi connectivity index (χ0) is 13.9. The quantitative estimate of drug-likeness (QED) is 0.447. The molecule has 0 aromatic rings. The van der Waals surface area contributed by atoms with Crippen LogP contribution in [0.4, 0.5) is 13.2 Å². The molecule has 0 aliphatic heterocycles. The van der Waals surface area contributed by atoms with Gasteiger partial charge in [-0.3, -0.25) is 4.79 Å². The average molecular weight is 256 g/mol. The molecular formula is C9H16BF3O4. The van der Waals surface area contributed by atoms with E-state index in [1.54, 1.807) is 0 Å². The topological polar surface area (TPSA) is 66.8 Å². The van der Waals surface area contributed by atoms with E-state index in [1.165, 1.54) is 0 Å². The van der Waals surface area contributed by atoms with Crippen molar-refractivity contribution in [3.8, 4) is 0 Å². The van der Waals surface area contributed by atoms with Crippen molar-refractivity contribution < 1.29 is 32.7 Å². The number of carbonyl (C=O) groups is 1. The number of carbonyl (C=O) groups excluding carboxylic acids is 1. The summed E-state index contributed by atoms with van der Waals surface area (Å²) in [6.45, 7) is 4.53. The molecule has 0 saturated carbocycles. The summed E-state index contributed by atoms with van der Waals surface area (Å²) in [4.78, 5) is 10.6. The average Bonchev–Trinajstić information content (AvgIpc) is 2.17. The van der Waals surface area contributed by atoms with Crippen LogP contribution in [0.15, 0.2) is 12.7 Å². The number of alkyl halides is 3. The maximum Gasteiger partial charge on any atom is 0.709 e. The monoisotopic (exact) mass is 256 g/mol. The minimum atomic E-state index is -4.19. The molecule has 4 nitrogen and oxygen atoms in total. The fourth-order valence-electron chi connectivity index (χ4n) is 0.696. The highest BCUT2D eigenvalue weighted by Gasteiger charge is 2.19. The van der Waals surface area contributed by atoms with Crippen molar-refractivity contribution in [2.24, 2.45) is 0 Å². The van der Waals surface area contributed by atoms with Crippen LogP contribution in [0.25, 0.3) is 0 Å². The Hall–Kier alpha value is -1.02. The lowest BCUT2D eigenvalue weighted by molar-refractivity contribution is -0.137. The number of allylic oxidation sites excluding steroid dienone is 1. The first kappa shape index (κ1) is 18.4. The van der Waals surface area contributed by atoms with E-state index in [4.69, 9.17) is 10.0 Å². The smallest absolute Gasteiger partial charge is 0.485 e. The van der Waals surface area contributed by atoms with Gasteiger partial charge in [-0.05, 0) is 6.42 Å². The second-order valence-corrected chi connectivity index (χ2v) is 3.02. The van der Waals surface area contributed by atoms with Gasteiger partial charge in [0.1, 0.15) is 0 Å². The van der Waals surface area contributed by atoms with Crippen LogP contribution in [-0.2, 0) is 9.45 Å². The number of rotatable bonds is 5. The lowest BCUT2D eigenvalue weighted by Crippen LogP contribution is -2.21. The molecule has 0 aliphatic carbocycles. The van der Waals surface area contributed by atoms with Gasteiger partial charge in [0.15, 0.2) is 0 Å². The first-order valence-corrected chi connectivity index (χ1v) is 4.98. The highest BCUT2D eigenvalue weighted by molar-refractivity contribution is 6.35. The van der Waals surface area contributed by atoms with Crippen LogP contribution in [0.1, 0.15) is 32.6 Å². The number of hydrogen-bond acceptors (Lipinski definition) is 4. The van der Waals surface area contributed by atoms with Gasteiger partial charge >= 0.3 is 13.5 Å². The van der Waals surface area contributed by atoms with Gasteiger partial charge in [-0.2, -0.15) is 13.2 Å². The van der Waals surface area contributed by atoms with Crippen LogP contribution in [0.5, 0.6) is 0 Å². The second kappa shape index (κ2) is 10.2. The molecule has 17 heavy (non-hydrogen) atoms. The van der Waals surface area contributed by atoms with Crippen LogP contribution in [0.2, 0.25) is 0 Å². The lowest BCUT2D eigenvalue weighted by atomic mass is 10.2. The van der Waals surface area contributed by atoms with Crippen molar-refractivity contribution in [3.63, 3.8) is 0 Å². The van der Waals surface area contributed by atoms with Crippen molar-refractivity contribution in [2.75, 3.05) is 0 Å². The van der Waals surface area contributed by atoms with Crippen LogP contribution < -0.4 is 0 Å². The molecule has 0 aromatic heterocycles. The van der Waals surface area contributed by atoms with E-state index in [9.17, 15) is 18.0 Å². The molecule has 0 heterocycles. The highest BCUT2D eigenvalue weighted by Crippen LogP contribution is 2.13. The Bertz CT molecular complexity index is 219. The van der Waals surface area contributed by atoms with Gasteiger partial charge < -0.3 is 14.7 Å². The van der Waals surface area contributed by atoms with Crippen LogP contribution >= 0.6 is 0 Å². The van der Waals surface area contributed by atoms with E-state index >= 15 is 0 Å². The van der Waals surface area contributed by atoms with Gasteiger partial charge in [-0.15, -0.1) is 0 Å². The van der Waals surface area contributed by atoms with Gasteiger partial charge in [0.2, 0.25) is 0 Å². The van der Waals surface area contributed by atoms with E-state index < -0.39 is 19.5 Å². The van der Waals surface area contributed by atoms with E-state index in [1.807, 2.05) is 6.92 Å². The normalized spacial score (nSPS) is 10.0. The summed E-state index contributed by atoms with van der Waals surface area (Å²) in [5.41, 5.74) is 0. The highest BCUT2D eigenvalue weighted by atomic mass is 19.4. The zero-order valence-electron chi connectivity index (χ0n) is 9.54. The fraction of sp³-hybridized carbons (Fsp3) is 0.667. The predicted octanol–water partition coefficient (Wildman–Crippen LogP) is 1.81. The Labute approximate surface area is 98.3 Å². The SMILES string of the molecule is C=CC(F)(F)F.CCCCCC(=O)OB(O)O. The second-order valence-electron chi connectivity index (χ2n) is 3.02. The van der Waals surface area contributed by atoms with Crippen molar-refractivity contribution in [1.82, 2.24) is 0 Å². The molecule has 0 fully saturated rings. The first-order chi connectivity index (χ1) is 7.72. The molecule has 100 valence electrons. The summed E-state index contributed by atoms with van der Waals surface area (Å²) in [7, 11) is -1.97. The van der Waals surface area contributed by atoms with Crippen molar-refractivity contribution in [2.45, 2.75) is 38.8 Å². The Morgan fingerprint density at radius 2 is 1.88 bits per heavy atom. The van der Waals surface area contributed by atoms with Gasteiger partial charge in [0.25, 0.3) is 5.97 Å². The molecule has 0 rings (SSSR count). The molecule has 0 spiro atoms. The van der Waals surface area contributed by atoms with E-state index in [0.29, 0.717) is 0 Å². The third kappa shape index (κ3) is 20.9. The van der Waals surface area contributed by atoms with Crippen LogP contribution in [0.3, 0.4) is 0 Å². The zero-order valence-corrected chi connectivity index (χ0v) is 9.54. The van der Waals surface area contributed by atoms with E-state index in [2.05, 4.69) is 11.2 Å². The third-order valence-electron chi connectivity index (χ3n) is 1.45. The largest absolute Gasteiger partial charge is 0.709 e. The molecule has 8 heteroatoms. The van der Waals surface area contributed by atoms with Crippen molar-refractivity contribution in [1.29, 1.82) is 0 Å². The van der Waals surface area contributed by atoms with Gasteiger partial charge in [-0.1, -0.05) is 26.3 Å². The molecule has 0 unspecified atom stereocenters. The molecule has 0 saturated heterocycles. The fourth-order valence-corrected chi connectivity index (χ4v) is 0.696. The van der Waals surface area contributed by atoms with Crippen molar-refractivity contribution >= 4 is 13.3 Å². The number of halogens is 3. The van der Waals surface area contributed by atoms with E-state index in [0.717, 1.165) is 19.3 Å². The predicted molar refractivity (Wildman–Crippen MR) is 56.7 cm³/mol. The molecule has 0 aliphatic rings. The molecule has 0 radical (unpaired) electrons. The Morgan fingerprint density at radius 3 is 2.18 bits per heavy atom. The maximum absolute atomic E-state index is 10.7. The Kier molecular flexibility index (Phi) is 11.0. The van der Waals surface area contributed by atoms with Gasteiger partial charge in [0, 0.05) is 12.5 Å². The summed E-state index contributed by atoms with van der Waals surface area (Å²) in [6.07, 6.45) is -1.29. The van der Waals surface area contributed by atoms with Crippen LogP contribution in [0, 0.1) is 0 Å². The third-order valence-corrected chi connectivity index (χ3v) is 1.45. The summed E-state index contributed by atoms with van der Waals surface area (Å²) in [5, 5.41) is 16.4. The summed E-state index contributed by atoms with van der Waals surface area (Å²) < 4.78 is 36.1. The minimum Gasteiger partial charge on any atom is -0.485 e. The minimum absolute atomic E-state index is 0.0625. The number of hydrogen-bond donors (Lipinski definition) is 2. The number of unbranched alkanes of at least 4 members (excludes halogenated alkanes) is 2. The van der Waals surface area contributed by atoms with E-state index in [-0.39, 0.29) is 12.5 Å². The molecule has 0 bridgehead atoms. The molecule has 0 aromatic carbocycles. The molecule has 0 atom stereocenters. The van der Waals surface area contributed by atoms with Crippen LogP contribution in [-0.4, -0.2) is 29.5 Å². The first-order valence-electron chi connectivity index (χ1n) is 4.98. The van der Waals surface area contributed by atoms with Gasteiger partial charge in [0.05, 0.1) is 0 Å². The summed E-state index contributed by atoms with van der Waals surface area (Å²) in [6, 6.07) is 0. The Balaban J connectivity index is 0. The lowest BCUT2D eigenvalue weighted by Gasteiger charge is -2.01. The molecule has 2 N–H and O–H groups in total. The Morgan fingerprint density at radius 1 is 1.41 bits per heavy atom. The molecule has 0 amide bonds. The summed E-state index contributed by atoms with van der Waals surface area (Å²) >= 11 is 0. The molecular weight excluding hydrogens is 240 g/mol. The van der Waals surface area contributed by atoms with Gasteiger partial charge in [-0.25, -0.2) is 0 Å². The summed E-state index contributed by atoms with van der Waals surface area (Å²) in [5.74, 6) is -0.562. The van der Waals surface area contributed by atoms with Crippen molar-refractivity contribution in [3.05, 3.63) is 12.7 Å². The standard InChI is InChI=1S/C6H13BO4.C3H3F3/c1-2-3-4-5-6(8)11-7(9)10;1-2-3(4,5)6/h9-10H,2-5H2,1H3;2H,1H2.